The Morgan fingerprint density at radius 3 is 2.34 bits per heavy atom. The van der Waals surface area contributed by atoms with Crippen molar-refractivity contribution < 1.29 is 9.18 Å². The Hall–Kier alpha value is -2.12. The van der Waals surface area contributed by atoms with E-state index in [9.17, 15) is 9.18 Å². The molecule has 1 unspecified atom stereocenters. The Kier molecular flexibility index (Phi) is 7.50. The van der Waals surface area contributed by atoms with Gasteiger partial charge in [-0.2, -0.15) is 0 Å². The van der Waals surface area contributed by atoms with Gasteiger partial charge in [0, 0.05) is 49.4 Å². The second kappa shape index (κ2) is 9.79. The molecule has 0 aromatic heterocycles. The average Bonchev–Trinajstić information content (AvgIpc) is 3.04. The summed E-state index contributed by atoms with van der Waals surface area (Å²) in [5.74, 6) is 0.0661. The lowest BCUT2D eigenvalue weighted by molar-refractivity contribution is -0.134. The summed E-state index contributed by atoms with van der Waals surface area (Å²) < 4.78 is 14.3. The topological polar surface area (TPSA) is 85.5 Å². The van der Waals surface area contributed by atoms with Gasteiger partial charge >= 0.3 is 0 Å². The molecule has 1 fully saturated rings. The summed E-state index contributed by atoms with van der Waals surface area (Å²) in [6, 6.07) is 7.38. The molecule has 1 heterocycles. The molecule has 3 atom stereocenters. The molecule has 6 nitrogen and oxygen atoms in total. The van der Waals surface area contributed by atoms with E-state index in [0.29, 0.717) is 55.6 Å². The first-order valence-corrected chi connectivity index (χ1v) is 11.6. The van der Waals surface area contributed by atoms with E-state index in [4.69, 9.17) is 22.7 Å². The van der Waals surface area contributed by atoms with Crippen molar-refractivity contribution >= 4 is 23.3 Å². The van der Waals surface area contributed by atoms with Gasteiger partial charge in [-0.05, 0) is 50.3 Å². The second-order valence-electron chi connectivity index (χ2n) is 9.64. The largest absolute Gasteiger partial charge is 0.389 e. The van der Waals surface area contributed by atoms with Gasteiger partial charge in [-0.25, -0.2) is 4.39 Å². The summed E-state index contributed by atoms with van der Waals surface area (Å²) in [7, 11) is 1.71. The Balaban J connectivity index is 1.71. The summed E-state index contributed by atoms with van der Waals surface area (Å²) in [6.45, 7) is 7.96. The molecular weight excluding hydrogens is 429 g/mol. The predicted molar refractivity (Wildman–Crippen MR) is 128 cm³/mol. The number of nitrogens with zero attached hydrogens (tertiary/aromatic N) is 2. The van der Waals surface area contributed by atoms with Gasteiger partial charge in [0.05, 0.1) is 11.6 Å². The number of allylic oxidation sites excluding steroid dienone is 1. The molecule has 1 aliphatic heterocycles. The maximum atomic E-state index is 14.3. The van der Waals surface area contributed by atoms with E-state index >= 15 is 0 Å². The van der Waals surface area contributed by atoms with Gasteiger partial charge in [-0.3, -0.25) is 10.2 Å². The molecule has 32 heavy (non-hydrogen) atoms. The smallest absolute Gasteiger partial charge is 0.230 e. The molecule has 1 aliphatic carbocycles. The van der Waals surface area contributed by atoms with Crippen molar-refractivity contribution in [2.45, 2.75) is 51.2 Å². The van der Waals surface area contributed by atoms with Gasteiger partial charge in [-0.1, -0.05) is 30.7 Å². The number of carbonyl (C=O) groups is 1. The first kappa shape index (κ1) is 24.5. The number of amidine groups is 1. The molecule has 1 amide bonds. The fourth-order valence-corrected chi connectivity index (χ4v) is 4.87. The minimum Gasteiger partial charge on any atom is -0.389 e. The van der Waals surface area contributed by atoms with Gasteiger partial charge in [0.1, 0.15) is 12.0 Å². The van der Waals surface area contributed by atoms with Gasteiger partial charge in [0.2, 0.25) is 5.91 Å². The third-order valence-electron chi connectivity index (χ3n) is 6.39. The summed E-state index contributed by atoms with van der Waals surface area (Å²) in [4.78, 5) is 17.3. The van der Waals surface area contributed by atoms with Gasteiger partial charge < -0.3 is 20.9 Å². The number of benzene rings is 1. The standard InChI is InChI=1S/C24H35ClFN5O/c1-15-13-19(26)21(29-4)20(15)22(27)30-9-11-31(12-10-30)23(32)18(14-24(2,3)28)16-5-7-17(25)8-6-16/h5-8,15,18-19,27,29H,9-14,28H2,1-4H3/t15-,18?,19+/m1/s1. The lowest BCUT2D eigenvalue weighted by Crippen LogP contribution is -2.52. The van der Waals surface area contributed by atoms with Crippen LogP contribution < -0.4 is 11.1 Å². The van der Waals surface area contributed by atoms with Gasteiger partial charge in [-0.15, -0.1) is 0 Å². The fourth-order valence-electron chi connectivity index (χ4n) is 4.74. The number of nitrogens with two attached hydrogens (primary N) is 1. The highest BCUT2D eigenvalue weighted by molar-refractivity contribution is 6.30. The normalized spacial score (nSPS) is 22.8. The van der Waals surface area contributed by atoms with Crippen molar-refractivity contribution in [1.29, 1.82) is 5.41 Å². The Labute approximate surface area is 195 Å². The quantitative estimate of drug-likeness (QED) is 0.445. The van der Waals surface area contributed by atoms with E-state index in [1.807, 2.05) is 42.7 Å². The minimum absolute atomic E-state index is 0.000632. The number of carbonyl (C=O) groups excluding carboxylic acids is 1. The monoisotopic (exact) mass is 463 g/mol. The van der Waals surface area contributed by atoms with Crippen molar-refractivity contribution in [2.24, 2.45) is 11.7 Å². The summed E-state index contributed by atoms with van der Waals surface area (Å²) in [5.41, 5.74) is 7.96. The molecule has 2 aliphatic rings. The SMILES string of the molecule is CNC1=C(C(=N)N2CCN(C(=O)C(CC(C)(C)N)c3ccc(Cl)cc3)CC2)[C@H](C)C[C@@H]1F. The lowest BCUT2D eigenvalue weighted by Gasteiger charge is -2.39. The maximum Gasteiger partial charge on any atom is 0.230 e. The van der Waals surface area contributed by atoms with Crippen LogP contribution in [-0.2, 0) is 4.79 Å². The lowest BCUT2D eigenvalue weighted by atomic mass is 9.85. The summed E-state index contributed by atoms with van der Waals surface area (Å²) >= 11 is 6.04. The van der Waals surface area contributed by atoms with E-state index in [1.54, 1.807) is 19.2 Å². The maximum absolute atomic E-state index is 14.3. The molecule has 8 heteroatoms. The molecule has 4 N–H and O–H groups in total. The van der Waals surface area contributed by atoms with E-state index in [2.05, 4.69) is 5.32 Å². The molecule has 176 valence electrons. The van der Waals surface area contributed by atoms with E-state index in [0.717, 1.165) is 11.1 Å². The van der Waals surface area contributed by atoms with Crippen LogP contribution in [0.25, 0.3) is 0 Å². The zero-order valence-electron chi connectivity index (χ0n) is 19.4. The van der Waals surface area contributed by atoms with Crippen LogP contribution in [-0.4, -0.2) is 66.5 Å². The van der Waals surface area contributed by atoms with Crippen LogP contribution in [0, 0.1) is 11.3 Å². The van der Waals surface area contributed by atoms with Crippen molar-refractivity contribution in [3.05, 3.63) is 46.1 Å². The third kappa shape index (κ3) is 5.44. The molecule has 0 spiro atoms. The molecule has 0 bridgehead atoms. The number of halogens is 2. The number of hydrogen-bond acceptors (Lipinski definition) is 4. The van der Waals surface area contributed by atoms with E-state index in [1.165, 1.54) is 0 Å². The van der Waals surface area contributed by atoms with Crippen LogP contribution in [0.2, 0.25) is 5.02 Å². The number of rotatable bonds is 6. The van der Waals surface area contributed by atoms with Crippen LogP contribution >= 0.6 is 11.6 Å². The molecule has 1 aromatic carbocycles. The summed E-state index contributed by atoms with van der Waals surface area (Å²) in [6.07, 6.45) is -0.116. The molecule has 0 radical (unpaired) electrons. The first-order valence-electron chi connectivity index (χ1n) is 11.2. The van der Waals surface area contributed by atoms with Gasteiger partial charge in [0.25, 0.3) is 0 Å². The first-order chi connectivity index (χ1) is 15.0. The predicted octanol–water partition coefficient (Wildman–Crippen LogP) is 3.52. The zero-order valence-corrected chi connectivity index (χ0v) is 20.2. The van der Waals surface area contributed by atoms with Crippen LogP contribution in [0.3, 0.4) is 0 Å². The molecule has 0 saturated carbocycles. The van der Waals surface area contributed by atoms with Crippen molar-refractivity contribution in [3.8, 4) is 0 Å². The summed E-state index contributed by atoms with van der Waals surface area (Å²) in [5, 5.41) is 12.3. The highest BCUT2D eigenvalue weighted by Gasteiger charge is 2.37. The van der Waals surface area contributed by atoms with Crippen LogP contribution in [0.15, 0.2) is 35.5 Å². The Bertz CT molecular complexity index is 871. The molecule has 1 saturated heterocycles. The van der Waals surface area contributed by atoms with Crippen molar-refractivity contribution in [3.63, 3.8) is 0 Å². The Morgan fingerprint density at radius 1 is 1.25 bits per heavy atom. The van der Waals surface area contributed by atoms with E-state index < -0.39 is 11.7 Å². The number of alkyl halides is 1. The third-order valence-corrected chi connectivity index (χ3v) is 6.64. The zero-order chi connectivity index (χ0) is 23.6. The van der Waals surface area contributed by atoms with Crippen molar-refractivity contribution in [2.75, 3.05) is 33.2 Å². The van der Waals surface area contributed by atoms with E-state index in [-0.39, 0.29) is 17.7 Å². The van der Waals surface area contributed by atoms with Gasteiger partial charge in [0.15, 0.2) is 0 Å². The van der Waals surface area contributed by atoms with Crippen LogP contribution in [0.5, 0.6) is 0 Å². The molecule has 1 aromatic rings. The Morgan fingerprint density at radius 2 is 1.81 bits per heavy atom. The number of nitrogens with one attached hydrogen (secondary N) is 2. The number of amides is 1. The highest BCUT2D eigenvalue weighted by Crippen LogP contribution is 2.34. The molecule has 3 rings (SSSR count). The fraction of sp³-hybridized carbons (Fsp3) is 0.583. The highest BCUT2D eigenvalue weighted by atomic mass is 35.5. The van der Waals surface area contributed by atoms with Crippen LogP contribution in [0.1, 0.15) is 45.1 Å². The second-order valence-corrected chi connectivity index (χ2v) is 10.1. The molecular formula is C24H35ClFN5O. The van der Waals surface area contributed by atoms with Crippen LogP contribution in [0.4, 0.5) is 4.39 Å². The average molecular weight is 464 g/mol. The van der Waals surface area contributed by atoms with Crippen molar-refractivity contribution in [1.82, 2.24) is 15.1 Å². The number of piperazine rings is 1. The number of hydrogen-bond donors (Lipinski definition) is 3. The minimum atomic E-state index is -1.05.